The second kappa shape index (κ2) is 6.67. The Bertz CT molecular complexity index is 722. The Balaban J connectivity index is 1.63. The van der Waals surface area contributed by atoms with E-state index in [0.29, 0.717) is 13.1 Å². The standard InChI is InChI=1S/C19H27N3O2/c1-14-18(15-6-4-5-7-16(15)20-14)17(23)12-21-8-10-22(11-9-21)13-19(2,3)24/h4-7,20,24H,8-13H2,1-3H3. The largest absolute Gasteiger partial charge is 0.389 e. The third-order valence-corrected chi connectivity index (χ3v) is 4.62. The number of Topliss-reactive ketones (excluding diaryl/α,β-unsaturated/α-hetero) is 1. The molecule has 3 rings (SSSR count). The molecule has 1 aliphatic rings. The summed E-state index contributed by atoms with van der Waals surface area (Å²) in [6, 6.07) is 7.97. The quantitative estimate of drug-likeness (QED) is 0.824. The number of fused-ring (bicyclic) bond motifs is 1. The summed E-state index contributed by atoms with van der Waals surface area (Å²) >= 11 is 0. The minimum absolute atomic E-state index is 0.181. The van der Waals surface area contributed by atoms with E-state index in [1.54, 1.807) is 0 Å². The first-order chi connectivity index (χ1) is 11.3. The van der Waals surface area contributed by atoms with Crippen molar-refractivity contribution in [2.45, 2.75) is 26.4 Å². The lowest BCUT2D eigenvalue weighted by molar-refractivity contribution is 0.0179. The van der Waals surface area contributed by atoms with Gasteiger partial charge in [-0.15, -0.1) is 0 Å². The number of hydrogen-bond acceptors (Lipinski definition) is 4. The Hall–Kier alpha value is -1.69. The van der Waals surface area contributed by atoms with E-state index in [-0.39, 0.29) is 5.78 Å². The van der Waals surface area contributed by atoms with E-state index >= 15 is 0 Å². The average Bonchev–Trinajstić information content (AvgIpc) is 2.83. The first-order valence-electron chi connectivity index (χ1n) is 8.61. The first kappa shape index (κ1) is 17.1. The predicted molar refractivity (Wildman–Crippen MR) is 96.5 cm³/mol. The van der Waals surface area contributed by atoms with E-state index in [4.69, 9.17) is 0 Å². The van der Waals surface area contributed by atoms with Crippen LogP contribution in [-0.2, 0) is 0 Å². The number of para-hydroxylation sites is 1. The Labute approximate surface area is 143 Å². The molecule has 5 heteroatoms. The summed E-state index contributed by atoms with van der Waals surface area (Å²) in [7, 11) is 0. The van der Waals surface area contributed by atoms with E-state index < -0.39 is 5.60 Å². The highest BCUT2D eigenvalue weighted by Crippen LogP contribution is 2.22. The predicted octanol–water partition coefficient (Wildman–Crippen LogP) is 2.05. The molecule has 24 heavy (non-hydrogen) atoms. The smallest absolute Gasteiger partial charge is 0.179 e. The van der Waals surface area contributed by atoms with Crippen LogP contribution in [0.25, 0.3) is 10.9 Å². The minimum Gasteiger partial charge on any atom is -0.389 e. The highest BCUT2D eigenvalue weighted by Gasteiger charge is 2.25. The van der Waals surface area contributed by atoms with Gasteiger partial charge in [0, 0.05) is 54.9 Å². The van der Waals surface area contributed by atoms with Crippen molar-refractivity contribution in [2.75, 3.05) is 39.3 Å². The number of nitrogens with zero attached hydrogens (tertiary/aromatic N) is 2. The second-order valence-corrected chi connectivity index (χ2v) is 7.46. The third-order valence-electron chi connectivity index (χ3n) is 4.62. The molecule has 2 heterocycles. The molecule has 1 saturated heterocycles. The van der Waals surface area contributed by atoms with Crippen LogP contribution in [0.1, 0.15) is 29.9 Å². The van der Waals surface area contributed by atoms with Gasteiger partial charge in [0.1, 0.15) is 0 Å². The van der Waals surface area contributed by atoms with Gasteiger partial charge < -0.3 is 10.1 Å². The van der Waals surface area contributed by atoms with Crippen molar-refractivity contribution in [2.24, 2.45) is 0 Å². The zero-order valence-corrected chi connectivity index (χ0v) is 14.8. The summed E-state index contributed by atoms with van der Waals surface area (Å²) < 4.78 is 0. The Morgan fingerprint density at radius 3 is 2.46 bits per heavy atom. The summed E-state index contributed by atoms with van der Waals surface area (Å²) in [5, 5.41) is 10.9. The minimum atomic E-state index is -0.668. The van der Waals surface area contributed by atoms with E-state index in [2.05, 4.69) is 14.8 Å². The SMILES string of the molecule is Cc1[nH]c2ccccc2c1C(=O)CN1CCN(CC(C)(C)O)CC1. The summed E-state index contributed by atoms with van der Waals surface area (Å²) in [6.07, 6.45) is 0. The average molecular weight is 329 g/mol. The van der Waals surface area contributed by atoms with E-state index in [1.165, 1.54) is 0 Å². The number of hydrogen-bond donors (Lipinski definition) is 2. The number of aromatic amines is 1. The van der Waals surface area contributed by atoms with Gasteiger partial charge in [-0.3, -0.25) is 14.6 Å². The van der Waals surface area contributed by atoms with Crippen LogP contribution >= 0.6 is 0 Å². The normalized spacial score (nSPS) is 17.5. The molecule has 5 nitrogen and oxygen atoms in total. The Morgan fingerprint density at radius 1 is 1.17 bits per heavy atom. The number of aryl methyl sites for hydroxylation is 1. The summed E-state index contributed by atoms with van der Waals surface area (Å²) in [5.41, 5.74) is 2.12. The van der Waals surface area contributed by atoms with Gasteiger partial charge in [0.2, 0.25) is 0 Å². The molecule has 0 atom stereocenters. The number of ketones is 1. The van der Waals surface area contributed by atoms with Gasteiger partial charge in [-0.1, -0.05) is 18.2 Å². The first-order valence-corrected chi connectivity index (χ1v) is 8.61. The number of β-amino-alcohol motifs (C(OH)–C–C–N with tert-alkyl or cyclic N) is 1. The van der Waals surface area contributed by atoms with Crippen LogP contribution < -0.4 is 0 Å². The second-order valence-electron chi connectivity index (χ2n) is 7.46. The summed E-state index contributed by atoms with van der Waals surface area (Å²) in [5.74, 6) is 0.181. The van der Waals surface area contributed by atoms with Crippen molar-refractivity contribution in [3.05, 3.63) is 35.5 Å². The van der Waals surface area contributed by atoms with Gasteiger partial charge >= 0.3 is 0 Å². The molecule has 1 aromatic heterocycles. The molecular formula is C19H27N3O2. The maximum absolute atomic E-state index is 12.8. The molecule has 130 valence electrons. The number of carbonyl (C=O) groups excluding carboxylic acids is 1. The zero-order valence-electron chi connectivity index (χ0n) is 14.8. The third kappa shape index (κ3) is 3.86. The molecule has 0 spiro atoms. The highest BCUT2D eigenvalue weighted by molar-refractivity contribution is 6.10. The molecule has 0 bridgehead atoms. The molecule has 2 N–H and O–H groups in total. The van der Waals surface area contributed by atoms with Gasteiger partial charge in [-0.05, 0) is 26.8 Å². The van der Waals surface area contributed by atoms with Crippen LogP contribution in [-0.4, -0.2) is 70.5 Å². The van der Waals surface area contributed by atoms with Crippen molar-refractivity contribution < 1.29 is 9.90 Å². The number of aromatic nitrogens is 1. The number of nitrogens with one attached hydrogen (secondary N) is 1. The molecule has 1 aromatic carbocycles. The topological polar surface area (TPSA) is 59.6 Å². The molecule has 0 unspecified atom stereocenters. The van der Waals surface area contributed by atoms with Gasteiger partial charge in [0.05, 0.1) is 12.1 Å². The van der Waals surface area contributed by atoms with Crippen molar-refractivity contribution in [1.29, 1.82) is 0 Å². The van der Waals surface area contributed by atoms with Crippen LogP contribution in [0.5, 0.6) is 0 Å². The number of H-pyrrole nitrogens is 1. The Kier molecular flexibility index (Phi) is 4.76. The van der Waals surface area contributed by atoms with E-state index in [1.807, 2.05) is 45.0 Å². The van der Waals surface area contributed by atoms with Crippen molar-refractivity contribution in [1.82, 2.24) is 14.8 Å². The number of benzene rings is 1. The van der Waals surface area contributed by atoms with E-state index in [0.717, 1.165) is 48.3 Å². The zero-order chi connectivity index (χ0) is 17.3. The summed E-state index contributed by atoms with van der Waals surface area (Å²) in [4.78, 5) is 20.6. The maximum atomic E-state index is 12.8. The number of piperazine rings is 1. The lowest BCUT2D eigenvalue weighted by Crippen LogP contribution is -2.51. The van der Waals surface area contributed by atoms with Crippen LogP contribution in [0, 0.1) is 6.92 Å². The van der Waals surface area contributed by atoms with Crippen molar-refractivity contribution >= 4 is 16.7 Å². The van der Waals surface area contributed by atoms with Crippen molar-refractivity contribution in [3.63, 3.8) is 0 Å². The van der Waals surface area contributed by atoms with Gasteiger partial charge in [-0.25, -0.2) is 0 Å². The number of aliphatic hydroxyl groups is 1. The lowest BCUT2D eigenvalue weighted by Gasteiger charge is -2.37. The lowest BCUT2D eigenvalue weighted by atomic mass is 10.1. The van der Waals surface area contributed by atoms with Crippen LogP contribution in [0.3, 0.4) is 0 Å². The van der Waals surface area contributed by atoms with Crippen LogP contribution in [0.15, 0.2) is 24.3 Å². The highest BCUT2D eigenvalue weighted by atomic mass is 16.3. The van der Waals surface area contributed by atoms with Gasteiger partial charge in [-0.2, -0.15) is 0 Å². The summed E-state index contributed by atoms with van der Waals surface area (Å²) in [6.45, 7) is 10.3. The van der Waals surface area contributed by atoms with Crippen molar-refractivity contribution in [3.8, 4) is 0 Å². The fourth-order valence-corrected chi connectivity index (χ4v) is 3.57. The molecule has 0 saturated carbocycles. The molecule has 1 aliphatic heterocycles. The molecule has 2 aromatic rings. The molecule has 1 fully saturated rings. The number of rotatable bonds is 5. The fourth-order valence-electron chi connectivity index (χ4n) is 3.57. The molecule has 0 aliphatic carbocycles. The van der Waals surface area contributed by atoms with Gasteiger partial charge in [0.15, 0.2) is 5.78 Å². The van der Waals surface area contributed by atoms with E-state index in [9.17, 15) is 9.90 Å². The molecule has 0 amide bonds. The molecule has 0 radical (unpaired) electrons. The van der Waals surface area contributed by atoms with Crippen LogP contribution in [0.4, 0.5) is 0 Å². The fraction of sp³-hybridized carbons (Fsp3) is 0.526. The Morgan fingerprint density at radius 2 is 1.79 bits per heavy atom. The molecular weight excluding hydrogens is 302 g/mol. The van der Waals surface area contributed by atoms with Crippen LogP contribution in [0.2, 0.25) is 0 Å². The van der Waals surface area contributed by atoms with Gasteiger partial charge in [0.25, 0.3) is 0 Å². The monoisotopic (exact) mass is 329 g/mol. The number of carbonyl (C=O) groups is 1. The maximum Gasteiger partial charge on any atom is 0.179 e.